The molecule has 5 nitrogen and oxygen atoms in total. The van der Waals surface area contributed by atoms with Crippen molar-refractivity contribution in [1.29, 1.82) is 0 Å². The number of aromatic nitrogens is 2. The zero-order chi connectivity index (χ0) is 19.5. The minimum absolute atomic E-state index is 0.166. The van der Waals surface area contributed by atoms with Crippen LogP contribution in [0.1, 0.15) is 24.5 Å². The van der Waals surface area contributed by atoms with E-state index in [9.17, 15) is 5.11 Å². The van der Waals surface area contributed by atoms with Gasteiger partial charge >= 0.3 is 0 Å². The van der Waals surface area contributed by atoms with Gasteiger partial charge in [0.2, 0.25) is 5.95 Å². The van der Waals surface area contributed by atoms with E-state index in [2.05, 4.69) is 14.9 Å². The fraction of sp³-hybridized carbons (Fsp3) is 0.273. The Morgan fingerprint density at radius 3 is 2.39 bits per heavy atom. The number of aliphatic hydroxyl groups is 1. The molecule has 1 aliphatic rings. The number of anilines is 2. The van der Waals surface area contributed by atoms with Crippen molar-refractivity contribution in [1.82, 2.24) is 9.97 Å². The molecule has 0 radical (unpaired) electrons. The molecule has 4 rings (SSSR count). The number of aliphatic hydroxyl groups excluding tert-OH is 1. The third-order valence-electron chi connectivity index (χ3n) is 5.38. The number of rotatable bonds is 4. The number of piperidine rings is 1. The molecule has 2 heterocycles. The van der Waals surface area contributed by atoms with E-state index in [1.165, 1.54) is 0 Å². The van der Waals surface area contributed by atoms with Crippen molar-refractivity contribution in [2.24, 2.45) is 5.92 Å². The Labute approximate surface area is 169 Å². The van der Waals surface area contributed by atoms with Crippen LogP contribution in [0.15, 0.2) is 60.9 Å². The van der Waals surface area contributed by atoms with Crippen molar-refractivity contribution < 1.29 is 5.11 Å². The molecule has 144 valence electrons. The summed E-state index contributed by atoms with van der Waals surface area (Å²) < 4.78 is 0. The third kappa shape index (κ3) is 3.96. The van der Waals surface area contributed by atoms with Gasteiger partial charge in [0.1, 0.15) is 0 Å². The summed E-state index contributed by atoms with van der Waals surface area (Å²) in [6.45, 7) is 1.65. The van der Waals surface area contributed by atoms with Gasteiger partial charge in [-0.25, -0.2) is 9.97 Å². The Hall–Kier alpha value is -2.63. The van der Waals surface area contributed by atoms with Crippen LogP contribution >= 0.6 is 11.6 Å². The van der Waals surface area contributed by atoms with Gasteiger partial charge in [-0.15, -0.1) is 0 Å². The number of hydrogen-bond acceptors (Lipinski definition) is 5. The van der Waals surface area contributed by atoms with Gasteiger partial charge in [0.25, 0.3) is 0 Å². The summed E-state index contributed by atoms with van der Waals surface area (Å²) in [5.74, 6) is 0.917. The molecule has 1 aromatic heterocycles. The molecular weight excluding hydrogens is 372 g/mol. The number of hydrogen-bond donors (Lipinski definition) is 2. The van der Waals surface area contributed by atoms with Crippen LogP contribution in [0.25, 0.3) is 11.1 Å². The van der Waals surface area contributed by atoms with Crippen molar-refractivity contribution in [3.8, 4) is 11.1 Å². The first-order chi connectivity index (χ1) is 13.6. The lowest BCUT2D eigenvalue weighted by atomic mass is 9.86. The van der Waals surface area contributed by atoms with Gasteiger partial charge in [-0.1, -0.05) is 35.9 Å². The van der Waals surface area contributed by atoms with Crippen molar-refractivity contribution in [3.05, 3.63) is 71.5 Å². The summed E-state index contributed by atoms with van der Waals surface area (Å²) >= 11 is 6.09. The van der Waals surface area contributed by atoms with E-state index in [1.54, 1.807) is 12.4 Å². The molecule has 2 aromatic carbocycles. The molecule has 28 heavy (non-hydrogen) atoms. The highest BCUT2D eigenvalue weighted by Crippen LogP contribution is 2.36. The minimum Gasteiger partial charge on any atom is -0.398 e. The van der Waals surface area contributed by atoms with Gasteiger partial charge in [-0.05, 0) is 54.2 Å². The van der Waals surface area contributed by atoms with E-state index in [1.807, 2.05) is 48.5 Å². The summed E-state index contributed by atoms with van der Waals surface area (Å²) in [5.41, 5.74) is 9.70. The van der Waals surface area contributed by atoms with Crippen molar-refractivity contribution >= 4 is 23.2 Å². The lowest BCUT2D eigenvalue weighted by Crippen LogP contribution is -2.36. The van der Waals surface area contributed by atoms with E-state index in [0.29, 0.717) is 10.7 Å². The fourth-order valence-corrected chi connectivity index (χ4v) is 4.01. The van der Waals surface area contributed by atoms with Crippen LogP contribution in [0.5, 0.6) is 0 Å². The van der Waals surface area contributed by atoms with Crippen LogP contribution in [0, 0.1) is 5.92 Å². The topological polar surface area (TPSA) is 75.3 Å². The average molecular weight is 395 g/mol. The molecule has 0 saturated carbocycles. The van der Waals surface area contributed by atoms with Crippen LogP contribution in [-0.2, 0) is 0 Å². The van der Waals surface area contributed by atoms with Gasteiger partial charge < -0.3 is 15.7 Å². The standard InChI is InChI=1S/C22H23ClN4O/c23-18-4-1-3-16(13-18)17-5-6-19(20(24)14-17)21(28)15-7-11-27(12-8-15)22-25-9-2-10-26-22/h1-6,9-10,13-15,21,28H,7-8,11-12,24H2/t21-/m0/s1. The maximum Gasteiger partial charge on any atom is 0.225 e. The number of nitrogen functional groups attached to an aromatic ring is 1. The largest absolute Gasteiger partial charge is 0.398 e. The Kier molecular flexibility index (Phi) is 5.46. The van der Waals surface area contributed by atoms with Crippen LogP contribution in [-0.4, -0.2) is 28.2 Å². The molecule has 1 saturated heterocycles. The normalized spacial score (nSPS) is 16.1. The Balaban J connectivity index is 1.46. The third-order valence-corrected chi connectivity index (χ3v) is 5.62. The molecule has 0 bridgehead atoms. The van der Waals surface area contributed by atoms with E-state index in [0.717, 1.165) is 48.6 Å². The first-order valence-corrected chi connectivity index (χ1v) is 9.85. The number of nitrogens with two attached hydrogens (primary N) is 1. The van der Waals surface area contributed by atoms with Crippen LogP contribution in [0.3, 0.4) is 0 Å². The molecule has 0 aliphatic carbocycles. The second-order valence-electron chi connectivity index (χ2n) is 7.17. The molecule has 1 aliphatic heterocycles. The van der Waals surface area contributed by atoms with Gasteiger partial charge in [0.15, 0.2) is 0 Å². The second kappa shape index (κ2) is 8.17. The van der Waals surface area contributed by atoms with Gasteiger partial charge in [0, 0.05) is 41.8 Å². The SMILES string of the molecule is Nc1cc(-c2cccc(Cl)c2)ccc1[C@@H](O)C1CCN(c2ncccn2)CC1. The zero-order valence-electron chi connectivity index (χ0n) is 15.5. The highest BCUT2D eigenvalue weighted by molar-refractivity contribution is 6.30. The molecular formula is C22H23ClN4O. The van der Waals surface area contributed by atoms with E-state index in [4.69, 9.17) is 17.3 Å². The summed E-state index contributed by atoms with van der Waals surface area (Å²) in [6, 6.07) is 15.3. The predicted octanol–water partition coefficient (Wildman–Crippen LogP) is 4.33. The number of nitrogens with zero attached hydrogens (tertiary/aromatic N) is 3. The summed E-state index contributed by atoms with van der Waals surface area (Å²) in [7, 11) is 0. The summed E-state index contributed by atoms with van der Waals surface area (Å²) in [4.78, 5) is 10.8. The average Bonchev–Trinajstić information content (AvgIpc) is 2.74. The van der Waals surface area contributed by atoms with Crippen LogP contribution < -0.4 is 10.6 Å². The molecule has 1 fully saturated rings. The van der Waals surface area contributed by atoms with E-state index in [-0.39, 0.29) is 5.92 Å². The van der Waals surface area contributed by atoms with Crippen LogP contribution in [0.2, 0.25) is 5.02 Å². The molecule has 1 atom stereocenters. The second-order valence-corrected chi connectivity index (χ2v) is 7.61. The number of benzene rings is 2. The molecule has 3 N–H and O–H groups in total. The fourth-order valence-electron chi connectivity index (χ4n) is 3.82. The lowest BCUT2D eigenvalue weighted by Gasteiger charge is -2.34. The highest BCUT2D eigenvalue weighted by atomic mass is 35.5. The van der Waals surface area contributed by atoms with Crippen molar-refractivity contribution in [2.75, 3.05) is 23.7 Å². The van der Waals surface area contributed by atoms with Gasteiger partial charge in [-0.3, -0.25) is 0 Å². The molecule has 0 amide bonds. The Morgan fingerprint density at radius 1 is 1.00 bits per heavy atom. The quantitative estimate of drug-likeness (QED) is 0.644. The Morgan fingerprint density at radius 2 is 1.71 bits per heavy atom. The maximum atomic E-state index is 10.9. The molecule has 0 unspecified atom stereocenters. The van der Waals surface area contributed by atoms with Crippen molar-refractivity contribution in [2.45, 2.75) is 18.9 Å². The molecule has 0 spiro atoms. The zero-order valence-corrected chi connectivity index (χ0v) is 16.3. The first-order valence-electron chi connectivity index (χ1n) is 9.47. The minimum atomic E-state index is -0.577. The molecule has 3 aromatic rings. The predicted molar refractivity (Wildman–Crippen MR) is 113 cm³/mol. The highest BCUT2D eigenvalue weighted by Gasteiger charge is 2.28. The monoisotopic (exact) mass is 394 g/mol. The number of halogens is 1. The lowest BCUT2D eigenvalue weighted by molar-refractivity contribution is 0.0934. The summed E-state index contributed by atoms with van der Waals surface area (Å²) in [6.07, 6.45) is 4.67. The van der Waals surface area contributed by atoms with E-state index >= 15 is 0 Å². The van der Waals surface area contributed by atoms with Crippen molar-refractivity contribution in [3.63, 3.8) is 0 Å². The Bertz CT molecular complexity index is 942. The van der Waals surface area contributed by atoms with Gasteiger partial charge in [-0.2, -0.15) is 0 Å². The van der Waals surface area contributed by atoms with E-state index < -0.39 is 6.10 Å². The summed E-state index contributed by atoms with van der Waals surface area (Å²) in [5, 5.41) is 11.6. The smallest absolute Gasteiger partial charge is 0.225 e. The first kappa shape index (κ1) is 18.7. The van der Waals surface area contributed by atoms with Crippen LogP contribution in [0.4, 0.5) is 11.6 Å². The van der Waals surface area contributed by atoms with Gasteiger partial charge in [0.05, 0.1) is 6.10 Å². The molecule has 6 heteroatoms. The maximum absolute atomic E-state index is 10.9.